The second-order valence-electron chi connectivity index (χ2n) is 6.79. The predicted octanol–water partition coefficient (Wildman–Crippen LogP) is 6.79. The summed E-state index contributed by atoms with van der Waals surface area (Å²) in [5.41, 5.74) is 1.03. The van der Waals surface area contributed by atoms with E-state index in [-0.39, 0.29) is 11.2 Å². The van der Waals surface area contributed by atoms with Gasteiger partial charge in [-0.3, -0.25) is 4.79 Å². The maximum Gasteiger partial charge on any atom is 0.235 e. The van der Waals surface area contributed by atoms with Crippen molar-refractivity contribution in [1.29, 1.82) is 0 Å². The molecule has 0 saturated heterocycles. The smallest absolute Gasteiger partial charge is 0.235 e. The van der Waals surface area contributed by atoms with Gasteiger partial charge in [-0.2, -0.15) is 0 Å². The molecule has 4 aromatic rings. The molecule has 0 saturated carbocycles. The van der Waals surface area contributed by atoms with Crippen LogP contribution in [0.25, 0.3) is 11.0 Å². The predicted molar refractivity (Wildman–Crippen MR) is 121 cm³/mol. The highest BCUT2D eigenvalue weighted by atomic mass is 35.5. The summed E-state index contributed by atoms with van der Waals surface area (Å²) in [5, 5.41) is 1.35. The fraction of sp³-hybridized carbons (Fsp3) is 0.125. The Morgan fingerprint density at radius 3 is 2.29 bits per heavy atom. The third-order valence-corrected chi connectivity index (χ3v) is 5.39. The number of benzene rings is 3. The van der Waals surface area contributed by atoms with Gasteiger partial charge in [0.1, 0.15) is 35.2 Å². The van der Waals surface area contributed by atoms with E-state index in [1.165, 1.54) is 0 Å². The molecule has 31 heavy (non-hydrogen) atoms. The lowest BCUT2D eigenvalue weighted by Crippen LogP contribution is -2.07. The van der Waals surface area contributed by atoms with Gasteiger partial charge in [-0.1, -0.05) is 29.3 Å². The van der Waals surface area contributed by atoms with Crippen molar-refractivity contribution >= 4 is 34.2 Å². The van der Waals surface area contributed by atoms with E-state index in [9.17, 15) is 4.79 Å². The molecule has 0 unspecified atom stereocenters. The third-order valence-electron chi connectivity index (χ3n) is 4.66. The van der Waals surface area contributed by atoms with Crippen LogP contribution >= 0.6 is 23.2 Å². The minimum atomic E-state index is -0.259. The van der Waals surface area contributed by atoms with E-state index in [0.717, 1.165) is 5.56 Å². The van der Waals surface area contributed by atoms with E-state index >= 15 is 0 Å². The highest BCUT2D eigenvalue weighted by molar-refractivity contribution is 6.42. The van der Waals surface area contributed by atoms with Gasteiger partial charge in [0.2, 0.25) is 11.2 Å². The van der Waals surface area contributed by atoms with Crippen LogP contribution in [-0.4, -0.2) is 7.11 Å². The summed E-state index contributed by atoms with van der Waals surface area (Å²) in [6.07, 6.45) is 0. The van der Waals surface area contributed by atoms with Gasteiger partial charge in [0.25, 0.3) is 0 Å². The number of hydrogen-bond donors (Lipinski definition) is 0. The molecule has 4 rings (SSSR count). The Labute approximate surface area is 188 Å². The molecule has 0 amide bonds. The Bertz CT molecular complexity index is 1300. The first-order valence-electron chi connectivity index (χ1n) is 9.40. The van der Waals surface area contributed by atoms with Gasteiger partial charge < -0.3 is 18.6 Å². The van der Waals surface area contributed by atoms with Crippen LogP contribution in [0.5, 0.6) is 23.0 Å². The van der Waals surface area contributed by atoms with Crippen LogP contribution in [0.3, 0.4) is 0 Å². The SMILES string of the molecule is COc1ccc(Oc2c(C)oc3cc(OCc4ccc(Cl)c(Cl)c4)ccc3c2=O)cc1. The van der Waals surface area contributed by atoms with Gasteiger partial charge in [0, 0.05) is 6.07 Å². The Balaban J connectivity index is 1.58. The molecule has 0 atom stereocenters. The molecule has 158 valence electrons. The molecule has 0 bridgehead atoms. The van der Waals surface area contributed by atoms with Gasteiger partial charge in [0.05, 0.1) is 22.5 Å². The fourth-order valence-electron chi connectivity index (χ4n) is 3.03. The fourth-order valence-corrected chi connectivity index (χ4v) is 3.35. The van der Waals surface area contributed by atoms with Crippen molar-refractivity contribution < 1.29 is 18.6 Å². The number of hydrogen-bond acceptors (Lipinski definition) is 5. The molecule has 3 aromatic carbocycles. The summed E-state index contributed by atoms with van der Waals surface area (Å²) in [7, 11) is 1.58. The lowest BCUT2D eigenvalue weighted by atomic mass is 10.2. The number of methoxy groups -OCH3 is 1. The Morgan fingerprint density at radius 1 is 0.871 bits per heavy atom. The summed E-state index contributed by atoms with van der Waals surface area (Å²) < 4.78 is 22.6. The molecule has 5 nitrogen and oxygen atoms in total. The van der Waals surface area contributed by atoms with E-state index in [4.69, 9.17) is 41.8 Å². The summed E-state index contributed by atoms with van der Waals surface area (Å²) in [5.74, 6) is 2.28. The molecular weight excluding hydrogens is 439 g/mol. The van der Waals surface area contributed by atoms with E-state index in [1.54, 1.807) is 68.6 Å². The van der Waals surface area contributed by atoms with E-state index < -0.39 is 0 Å². The standard InChI is InChI=1S/C24H18Cl2O5/c1-14-24(31-17-6-4-16(28-2)5-7-17)23(27)19-9-8-18(12-22(19)30-14)29-13-15-3-10-20(25)21(26)11-15/h3-12H,13H2,1-2H3. The van der Waals surface area contributed by atoms with Crippen LogP contribution in [-0.2, 0) is 6.61 Å². The van der Waals surface area contributed by atoms with Crippen LogP contribution < -0.4 is 19.6 Å². The topological polar surface area (TPSA) is 57.9 Å². The van der Waals surface area contributed by atoms with Crippen molar-refractivity contribution in [3.05, 3.63) is 92.3 Å². The second kappa shape index (κ2) is 8.92. The average molecular weight is 457 g/mol. The van der Waals surface area contributed by atoms with E-state index in [1.807, 2.05) is 6.07 Å². The zero-order chi connectivity index (χ0) is 22.0. The van der Waals surface area contributed by atoms with Crippen molar-refractivity contribution in [3.63, 3.8) is 0 Å². The van der Waals surface area contributed by atoms with Crippen LogP contribution in [0, 0.1) is 6.92 Å². The Hall–Kier alpha value is -3.15. The van der Waals surface area contributed by atoms with Gasteiger partial charge in [-0.15, -0.1) is 0 Å². The van der Waals surface area contributed by atoms with Gasteiger partial charge >= 0.3 is 0 Å². The zero-order valence-corrected chi connectivity index (χ0v) is 18.3. The first-order chi connectivity index (χ1) is 14.9. The molecule has 0 aliphatic rings. The van der Waals surface area contributed by atoms with Crippen molar-refractivity contribution in [2.45, 2.75) is 13.5 Å². The van der Waals surface area contributed by atoms with Crippen molar-refractivity contribution in [2.75, 3.05) is 7.11 Å². The number of rotatable bonds is 6. The maximum atomic E-state index is 13.0. The number of fused-ring (bicyclic) bond motifs is 1. The van der Waals surface area contributed by atoms with Crippen LogP contribution in [0.4, 0.5) is 0 Å². The first kappa shape index (κ1) is 21.1. The van der Waals surface area contributed by atoms with Gasteiger partial charge in [0.15, 0.2) is 0 Å². The summed E-state index contributed by atoms with van der Waals surface area (Å²) in [4.78, 5) is 13.0. The van der Waals surface area contributed by atoms with Crippen LogP contribution in [0.1, 0.15) is 11.3 Å². The second-order valence-corrected chi connectivity index (χ2v) is 7.60. The number of aryl methyl sites for hydroxylation is 1. The monoisotopic (exact) mass is 456 g/mol. The minimum Gasteiger partial charge on any atom is -0.497 e. The zero-order valence-electron chi connectivity index (χ0n) is 16.8. The lowest BCUT2D eigenvalue weighted by molar-refractivity contribution is 0.306. The van der Waals surface area contributed by atoms with Crippen molar-refractivity contribution in [3.8, 4) is 23.0 Å². The molecule has 1 heterocycles. The normalized spacial score (nSPS) is 10.8. The quantitative estimate of drug-likeness (QED) is 0.319. The number of ether oxygens (including phenoxy) is 3. The van der Waals surface area contributed by atoms with Crippen molar-refractivity contribution in [1.82, 2.24) is 0 Å². The third kappa shape index (κ3) is 4.63. The summed E-state index contributed by atoms with van der Waals surface area (Å²) >= 11 is 12.0. The molecule has 0 N–H and O–H groups in total. The molecule has 0 fully saturated rings. The molecular formula is C24H18Cl2O5. The molecule has 7 heteroatoms. The largest absolute Gasteiger partial charge is 0.497 e. The Kier molecular flexibility index (Phi) is 6.07. The van der Waals surface area contributed by atoms with Gasteiger partial charge in [-0.25, -0.2) is 0 Å². The van der Waals surface area contributed by atoms with Crippen LogP contribution in [0.15, 0.2) is 69.9 Å². The minimum absolute atomic E-state index is 0.141. The highest BCUT2D eigenvalue weighted by Gasteiger charge is 2.15. The summed E-state index contributed by atoms with van der Waals surface area (Å²) in [6, 6.07) is 17.3. The number of halogens is 2. The van der Waals surface area contributed by atoms with Crippen molar-refractivity contribution in [2.24, 2.45) is 0 Å². The summed E-state index contributed by atoms with van der Waals surface area (Å²) in [6.45, 7) is 1.98. The molecule has 0 aliphatic carbocycles. The average Bonchev–Trinajstić information content (AvgIpc) is 2.77. The van der Waals surface area contributed by atoms with E-state index in [2.05, 4.69) is 0 Å². The molecule has 0 spiro atoms. The first-order valence-corrected chi connectivity index (χ1v) is 10.2. The highest BCUT2D eigenvalue weighted by Crippen LogP contribution is 2.29. The lowest BCUT2D eigenvalue weighted by Gasteiger charge is -2.11. The van der Waals surface area contributed by atoms with Crippen LogP contribution in [0.2, 0.25) is 10.0 Å². The maximum absolute atomic E-state index is 13.0. The van der Waals surface area contributed by atoms with Gasteiger partial charge in [-0.05, 0) is 61.0 Å². The molecule has 0 radical (unpaired) electrons. The van der Waals surface area contributed by atoms with E-state index in [0.29, 0.717) is 50.6 Å². The Morgan fingerprint density at radius 2 is 1.58 bits per heavy atom. The molecule has 0 aliphatic heterocycles. The molecule has 1 aromatic heterocycles.